The number of nitrogens with zero attached hydrogens (tertiary/aromatic N) is 2. The fourth-order valence-corrected chi connectivity index (χ4v) is 2.13. The summed E-state index contributed by atoms with van der Waals surface area (Å²) < 4.78 is 18.4. The first kappa shape index (κ1) is 12.2. The van der Waals surface area contributed by atoms with Crippen LogP contribution in [0.25, 0.3) is 0 Å². The third-order valence-corrected chi connectivity index (χ3v) is 3.02. The number of alkyl halides is 1. The molecule has 17 heavy (non-hydrogen) atoms. The van der Waals surface area contributed by atoms with E-state index in [1.165, 1.54) is 12.1 Å². The van der Waals surface area contributed by atoms with Crippen molar-refractivity contribution in [3.05, 3.63) is 29.6 Å². The Morgan fingerprint density at radius 2 is 2.41 bits per heavy atom. The summed E-state index contributed by atoms with van der Waals surface area (Å²) in [6.07, 6.45) is -0.433. The molecule has 0 saturated carbocycles. The Morgan fingerprint density at radius 3 is 3.12 bits per heavy atom. The Labute approximate surface area is 104 Å². The highest BCUT2D eigenvalue weighted by Crippen LogP contribution is 2.25. The molecule has 5 heteroatoms. The standard InChI is InChI=1S/C12H12ClFN2O/c13-6-9-5-10(14)1-2-12(9)16-3-4-17-11(7-15)8-16/h1-2,5,11H,3-4,6,8H2. The average Bonchev–Trinajstić information content (AvgIpc) is 2.38. The van der Waals surface area contributed by atoms with E-state index in [0.29, 0.717) is 19.7 Å². The molecular formula is C12H12ClFN2O. The zero-order chi connectivity index (χ0) is 12.3. The number of morpholine rings is 1. The van der Waals surface area contributed by atoms with Crippen LogP contribution in [-0.4, -0.2) is 25.8 Å². The van der Waals surface area contributed by atoms with E-state index in [9.17, 15) is 4.39 Å². The number of ether oxygens (including phenoxy) is 1. The van der Waals surface area contributed by atoms with Gasteiger partial charge in [-0.05, 0) is 23.8 Å². The molecule has 3 nitrogen and oxygen atoms in total. The molecule has 0 aliphatic carbocycles. The number of nitriles is 1. The molecule has 0 spiro atoms. The lowest BCUT2D eigenvalue weighted by Crippen LogP contribution is -2.42. The lowest BCUT2D eigenvalue weighted by Gasteiger charge is -2.32. The summed E-state index contributed by atoms with van der Waals surface area (Å²) in [7, 11) is 0. The molecule has 1 saturated heterocycles. The van der Waals surface area contributed by atoms with Crippen LogP contribution in [0.2, 0.25) is 0 Å². The van der Waals surface area contributed by atoms with Gasteiger partial charge in [0.1, 0.15) is 5.82 Å². The maximum Gasteiger partial charge on any atom is 0.161 e. The molecule has 1 fully saturated rings. The van der Waals surface area contributed by atoms with Gasteiger partial charge in [0.15, 0.2) is 6.10 Å². The molecule has 1 aromatic carbocycles. The predicted octanol–water partition coefficient (Wildman–Crippen LogP) is 2.29. The second kappa shape index (κ2) is 5.35. The summed E-state index contributed by atoms with van der Waals surface area (Å²) in [5.74, 6) is -0.0451. The third-order valence-electron chi connectivity index (χ3n) is 2.74. The zero-order valence-corrected chi connectivity index (χ0v) is 9.95. The summed E-state index contributed by atoms with van der Waals surface area (Å²) in [6.45, 7) is 1.68. The second-order valence-corrected chi connectivity index (χ2v) is 4.11. The van der Waals surface area contributed by atoms with Crippen LogP contribution in [0.15, 0.2) is 18.2 Å². The smallest absolute Gasteiger partial charge is 0.161 e. The molecule has 0 bridgehead atoms. The van der Waals surface area contributed by atoms with Gasteiger partial charge in [0.25, 0.3) is 0 Å². The SMILES string of the molecule is N#CC1CN(c2ccc(F)cc2CCl)CCO1. The van der Waals surface area contributed by atoms with Crippen molar-refractivity contribution in [2.24, 2.45) is 0 Å². The van der Waals surface area contributed by atoms with Gasteiger partial charge in [0.05, 0.1) is 19.2 Å². The molecule has 0 amide bonds. The molecule has 1 aliphatic heterocycles. The number of anilines is 1. The molecule has 1 heterocycles. The van der Waals surface area contributed by atoms with E-state index in [1.54, 1.807) is 6.07 Å². The van der Waals surface area contributed by atoms with Crippen LogP contribution in [0.3, 0.4) is 0 Å². The molecule has 0 radical (unpaired) electrons. The summed E-state index contributed by atoms with van der Waals surface area (Å²) in [5.41, 5.74) is 1.62. The van der Waals surface area contributed by atoms with Crippen LogP contribution >= 0.6 is 11.6 Å². The van der Waals surface area contributed by atoms with E-state index in [2.05, 4.69) is 6.07 Å². The minimum atomic E-state index is -0.433. The molecule has 1 unspecified atom stereocenters. The quantitative estimate of drug-likeness (QED) is 0.760. The van der Waals surface area contributed by atoms with E-state index in [4.69, 9.17) is 21.6 Å². The van der Waals surface area contributed by atoms with Crippen molar-refractivity contribution >= 4 is 17.3 Å². The van der Waals surface area contributed by atoms with Crippen LogP contribution in [0.1, 0.15) is 5.56 Å². The fourth-order valence-electron chi connectivity index (χ4n) is 1.92. The fraction of sp³-hybridized carbons (Fsp3) is 0.417. The first-order valence-corrected chi connectivity index (χ1v) is 5.88. The average molecular weight is 255 g/mol. The highest BCUT2D eigenvalue weighted by molar-refractivity contribution is 6.17. The van der Waals surface area contributed by atoms with Gasteiger partial charge < -0.3 is 9.64 Å². The van der Waals surface area contributed by atoms with Gasteiger partial charge in [-0.25, -0.2) is 4.39 Å². The maximum atomic E-state index is 13.1. The van der Waals surface area contributed by atoms with Crippen molar-refractivity contribution in [2.45, 2.75) is 12.0 Å². The van der Waals surface area contributed by atoms with Crippen molar-refractivity contribution < 1.29 is 9.13 Å². The Balaban J connectivity index is 2.24. The normalized spacial score (nSPS) is 20.1. The second-order valence-electron chi connectivity index (χ2n) is 3.84. The monoisotopic (exact) mass is 254 g/mol. The minimum Gasteiger partial charge on any atom is -0.365 e. The number of halogens is 2. The van der Waals surface area contributed by atoms with Crippen LogP contribution < -0.4 is 4.90 Å². The maximum absolute atomic E-state index is 13.1. The molecule has 0 N–H and O–H groups in total. The number of hydrogen-bond acceptors (Lipinski definition) is 3. The zero-order valence-electron chi connectivity index (χ0n) is 9.20. The Kier molecular flexibility index (Phi) is 3.82. The molecule has 1 aliphatic rings. The first-order chi connectivity index (χ1) is 8.24. The van der Waals surface area contributed by atoms with Crippen molar-refractivity contribution in [2.75, 3.05) is 24.6 Å². The summed E-state index contributed by atoms with van der Waals surface area (Å²) in [5, 5.41) is 8.84. The van der Waals surface area contributed by atoms with Crippen LogP contribution in [0.5, 0.6) is 0 Å². The van der Waals surface area contributed by atoms with Gasteiger partial charge >= 0.3 is 0 Å². The van der Waals surface area contributed by atoms with Gasteiger partial charge in [0, 0.05) is 18.1 Å². The van der Waals surface area contributed by atoms with Crippen molar-refractivity contribution in [3.8, 4) is 6.07 Å². The van der Waals surface area contributed by atoms with Crippen molar-refractivity contribution in [1.29, 1.82) is 5.26 Å². The summed E-state index contributed by atoms with van der Waals surface area (Å²) >= 11 is 5.80. The predicted molar refractivity (Wildman–Crippen MR) is 63.5 cm³/mol. The summed E-state index contributed by atoms with van der Waals surface area (Å²) in [6, 6.07) is 6.62. The van der Waals surface area contributed by atoms with Gasteiger partial charge in [-0.3, -0.25) is 0 Å². The molecule has 1 aromatic rings. The molecule has 90 valence electrons. The van der Waals surface area contributed by atoms with E-state index in [-0.39, 0.29) is 11.7 Å². The van der Waals surface area contributed by atoms with E-state index in [1.807, 2.05) is 4.90 Å². The van der Waals surface area contributed by atoms with Gasteiger partial charge in [-0.1, -0.05) is 0 Å². The lowest BCUT2D eigenvalue weighted by molar-refractivity contribution is 0.0764. The van der Waals surface area contributed by atoms with Gasteiger partial charge in [-0.2, -0.15) is 5.26 Å². The Bertz CT molecular complexity index is 447. The van der Waals surface area contributed by atoms with E-state index in [0.717, 1.165) is 11.3 Å². The third kappa shape index (κ3) is 2.68. The lowest BCUT2D eigenvalue weighted by atomic mass is 10.1. The van der Waals surface area contributed by atoms with Crippen molar-refractivity contribution in [3.63, 3.8) is 0 Å². The van der Waals surface area contributed by atoms with E-state index >= 15 is 0 Å². The largest absolute Gasteiger partial charge is 0.365 e. The van der Waals surface area contributed by atoms with Crippen molar-refractivity contribution in [1.82, 2.24) is 0 Å². The Morgan fingerprint density at radius 1 is 1.59 bits per heavy atom. The molecule has 2 rings (SSSR count). The van der Waals surface area contributed by atoms with Crippen LogP contribution in [0.4, 0.5) is 10.1 Å². The first-order valence-electron chi connectivity index (χ1n) is 5.35. The topological polar surface area (TPSA) is 36.3 Å². The minimum absolute atomic E-state index is 0.252. The summed E-state index contributed by atoms with van der Waals surface area (Å²) in [4.78, 5) is 2.01. The van der Waals surface area contributed by atoms with Crippen LogP contribution in [0, 0.1) is 17.1 Å². The van der Waals surface area contributed by atoms with Gasteiger partial charge in [-0.15, -0.1) is 11.6 Å². The molecular weight excluding hydrogens is 243 g/mol. The van der Waals surface area contributed by atoms with E-state index < -0.39 is 6.10 Å². The number of rotatable bonds is 2. The number of benzene rings is 1. The Hall–Kier alpha value is -1.31. The molecule has 0 aromatic heterocycles. The molecule has 1 atom stereocenters. The van der Waals surface area contributed by atoms with Crippen LogP contribution in [-0.2, 0) is 10.6 Å². The highest BCUT2D eigenvalue weighted by atomic mass is 35.5. The number of hydrogen-bond donors (Lipinski definition) is 0. The van der Waals surface area contributed by atoms with Gasteiger partial charge in [0.2, 0.25) is 0 Å². The highest BCUT2D eigenvalue weighted by Gasteiger charge is 2.21.